The summed E-state index contributed by atoms with van der Waals surface area (Å²) in [6, 6.07) is 66.7. The number of rotatable bonds is 11. The Morgan fingerprint density at radius 1 is 0.479 bits per heavy atom. The van der Waals surface area contributed by atoms with Crippen molar-refractivity contribution in [3.8, 4) is 89.7 Å². The van der Waals surface area contributed by atoms with Crippen LogP contribution in [0.15, 0.2) is 194 Å². The van der Waals surface area contributed by atoms with Crippen LogP contribution < -0.4 is 0 Å². The summed E-state index contributed by atoms with van der Waals surface area (Å²) in [5, 5.41) is 12.5. The largest absolute Gasteiger partial charge is 0.507 e. The summed E-state index contributed by atoms with van der Waals surface area (Å²) in [7, 11) is 0. The summed E-state index contributed by atoms with van der Waals surface area (Å²) in [6.45, 7) is 19.3. The number of imidazole rings is 1. The van der Waals surface area contributed by atoms with Crippen molar-refractivity contribution in [3.63, 3.8) is 0 Å². The number of para-hydroxylation sites is 1. The van der Waals surface area contributed by atoms with Gasteiger partial charge < -0.3 is 5.11 Å². The minimum absolute atomic E-state index is 0.0186. The van der Waals surface area contributed by atoms with Crippen LogP contribution in [0.5, 0.6) is 5.75 Å². The lowest BCUT2D eigenvalue weighted by molar-refractivity contribution is 0.466. The second-order valence-corrected chi connectivity index (χ2v) is 20.9. The smallest absolute Gasteiger partial charge is 0.149 e. The van der Waals surface area contributed by atoms with Crippen molar-refractivity contribution in [1.82, 2.24) is 14.5 Å². The maximum absolute atomic E-state index is 12.5. The highest BCUT2D eigenvalue weighted by Crippen LogP contribution is 2.45. The van der Waals surface area contributed by atoms with Gasteiger partial charge in [-0.15, -0.1) is 0 Å². The van der Waals surface area contributed by atoms with Gasteiger partial charge >= 0.3 is 0 Å². The van der Waals surface area contributed by atoms with Gasteiger partial charge in [-0.2, -0.15) is 0 Å². The summed E-state index contributed by atoms with van der Waals surface area (Å²) in [6.07, 6.45) is 1.91. The third-order valence-corrected chi connectivity index (χ3v) is 14.0. The van der Waals surface area contributed by atoms with Gasteiger partial charge in [-0.1, -0.05) is 196 Å². The van der Waals surface area contributed by atoms with Crippen LogP contribution in [0, 0.1) is 0 Å². The molecule has 0 atom stereocenters. The predicted octanol–water partition coefficient (Wildman–Crippen LogP) is 18.5. The number of hydrogen-bond acceptors (Lipinski definition) is 3. The van der Waals surface area contributed by atoms with Gasteiger partial charge in [0.05, 0.1) is 28.0 Å². The molecule has 0 fully saturated rings. The van der Waals surface area contributed by atoms with Crippen LogP contribution in [-0.2, 0) is 5.41 Å². The number of aromatic nitrogens is 3. The lowest BCUT2D eigenvalue weighted by Gasteiger charge is -2.21. The van der Waals surface area contributed by atoms with Crippen molar-refractivity contribution in [3.05, 3.63) is 217 Å². The first-order chi connectivity index (χ1) is 34.5. The highest BCUT2D eigenvalue weighted by atomic mass is 16.3. The molecule has 0 radical (unpaired) electrons. The zero-order chi connectivity index (χ0) is 50.5. The molecule has 0 saturated heterocycles. The van der Waals surface area contributed by atoms with E-state index in [1.54, 1.807) is 0 Å². The van der Waals surface area contributed by atoms with Gasteiger partial charge in [0.15, 0.2) is 0 Å². The maximum Gasteiger partial charge on any atom is 0.149 e. The van der Waals surface area contributed by atoms with Crippen molar-refractivity contribution < 1.29 is 6.48 Å². The van der Waals surface area contributed by atoms with E-state index in [-0.39, 0.29) is 23.0 Å². The van der Waals surface area contributed by atoms with E-state index in [2.05, 4.69) is 235 Å². The Hall–Kier alpha value is -7.82. The van der Waals surface area contributed by atoms with Gasteiger partial charge in [0.2, 0.25) is 0 Å². The summed E-state index contributed by atoms with van der Waals surface area (Å²) < 4.78 is 11.4. The Morgan fingerprint density at radius 2 is 1.07 bits per heavy atom. The molecule has 4 nitrogen and oxygen atoms in total. The molecule has 0 spiro atoms. The van der Waals surface area contributed by atoms with Crippen LogP contribution in [-0.4, -0.2) is 19.6 Å². The van der Waals surface area contributed by atoms with Crippen molar-refractivity contribution in [2.45, 2.75) is 85.5 Å². The molecular formula is C67H63N3O. The van der Waals surface area contributed by atoms with Crippen molar-refractivity contribution >= 4 is 11.0 Å². The molecule has 1 N–H and O–H groups in total. The maximum atomic E-state index is 12.5. The fourth-order valence-corrected chi connectivity index (χ4v) is 9.79. The van der Waals surface area contributed by atoms with Crippen LogP contribution >= 0.6 is 0 Å². The van der Waals surface area contributed by atoms with E-state index in [9.17, 15) is 6.48 Å². The molecule has 0 bridgehead atoms. The molecule has 352 valence electrons. The van der Waals surface area contributed by atoms with E-state index in [0.29, 0.717) is 11.4 Å². The minimum Gasteiger partial charge on any atom is -0.507 e. The molecule has 2 aromatic heterocycles. The molecule has 0 unspecified atom stereocenters. The summed E-state index contributed by atoms with van der Waals surface area (Å²) in [5.41, 5.74) is 20.1. The van der Waals surface area contributed by atoms with E-state index >= 15 is 0 Å². The van der Waals surface area contributed by atoms with Gasteiger partial charge in [-0.25, -0.2) is 4.98 Å². The van der Waals surface area contributed by atoms with Gasteiger partial charge in [-0.3, -0.25) is 9.55 Å². The second-order valence-electron chi connectivity index (χ2n) is 20.9. The Morgan fingerprint density at radius 3 is 1.70 bits per heavy atom. The molecule has 0 saturated carbocycles. The number of hydrogen-bond donors (Lipinski definition) is 1. The SMILES string of the molecule is [2H]C(C)(C)c1ccc(-n2c(-c3cc(C(C)C)cc(C(C)C)c3O)nc3c(-c4cc(-c5ccccc5)cc(-c5cc(-c6ccc(-c7ccccc7)cc6)ccn5)c4)cccc32)c(-c2ccc(C(C)(C)C)cc2)c1. The zero-order valence-electron chi connectivity index (χ0n) is 43.4. The molecular weight excluding hydrogens is 863 g/mol. The molecule has 10 aromatic rings. The molecule has 10 rings (SSSR count). The van der Waals surface area contributed by atoms with Crippen LogP contribution in [0.1, 0.15) is 104 Å². The van der Waals surface area contributed by atoms with Crippen molar-refractivity contribution in [2.75, 3.05) is 0 Å². The van der Waals surface area contributed by atoms with E-state index < -0.39 is 5.89 Å². The molecule has 0 aliphatic heterocycles. The van der Waals surface area contributed by atoms with Gasteiger partial charge in [0.25, 0.3) is 0 Å². The molecule has 0 amide bonds. The highest BCUT2D eigenvalue weighted by Gasteiger charge is 2.26. The van der Waals surface area contributed by atoms with Crippen LogP contribution in [0.2, 0.25) is 0 Å². The Kier molecular flexibility index (Phi) is 12.3. The van der Waals surface area contributed by atoms with E-state index in [1.165, 1.54) is 16.7 Å². The second kappa shape index (κ2) is 19.2. The summed E-state index contributed by atoms with van der Waals surface area (Å²) in [4.78, 5) is 10.7. The average molecular weight is 927 g/mol. The van der Waals surface area contributed by atoms with Crippen molar-refractivity contribution in [1.29, 1.82) is 0 Å². The van der Waals surface area contributed by atoms with Gasteiger partial charge in [-0.05, 0) is 145 Å². The first-order valence-corrected chi connectivity index (χ1v) is 25.0. The van der Waals surface area contributed by atoms with Gasteiger partial charge in [0.1, 0.15) is 11.6 Å². The first kappa shape index (κ1) is 45.6. The molecule has 0 aliphatic carbocycles. The van der Waals surface area contributed by atoms with Crippen LogP contribution in [0.4, 0.5) is 0 Å². The number of fused-ring (bicyclic) bond motifs is 1. The number of phenolic OH excluding ortho intramolecular Hbond substituents is 1. The number of pyridine rings is 1. The number of aromatic hydroxyl groups is 1. The predicted molar refractivity (Wildman–Crippen MR) is 300 cm³/mol. The minimum atomic E-state index is -0.843. The lowest BCUT2D eigenvalue weighted by Crippen LogP contribution is -2.10. The third kappa shape index (κ3) is 9.35. The summed E-state index contributed by atoms with van der Waals surface area (Å²) in [5.74, 6) is 0.333. The molecule has 0 aliphatic rings. The fraction of sp³-hybridized carbons (Fsp3) is 0.194. The number of nitrogens with zero attached hydrogens (tertiary/aromatic N) is 3. The monoisotopic (exact) mass is 927 g/mol. The zero-order valence-corrected chi connectivity index (χ0v) is 42.4. The van der Waals surface area contributed by atoms with E-state index in [1.807, 2.05) is 26.1 Å². The third-order valence-electron chi connectivity index (χ3n) is 14.0. The average Bonchev–Trinajstić information content (AvgIpc) is 3.78. The van der Waals surface area contributed by atoms with Gasteiger partial charge in [0, 0.05) is 24.3 Å². The van der Waals surface area contributed by atoms with Crippen LogP contribution in [0.25, 0.3) is 95.0 Å². The Bertz CT molecular complexity index is 3580. The first-order valence-electron chi connectivity index (χ1n) is 25.5. The standard InChI is InChI=1S/C67H63N3O/c1-42(2)50-29-32-62(59(38-50)49-27-30-56(31-28-49)67(7,8)9)70-63-22-16-21-57(64(63)69-66(70)60-40-52(43(3)4)39-58(44(5)6)65(60)71)54-35-53(46-19-14-11-15-20-46)36-55(37-54)61-41-51(33-34-68-61)48-25-23-47(24-26-48)45-17-12-10-13-18-45/h10-44,71H,1-9H3/i42D. The molecule has 2 heterocycles. The quantitative estimate of drug-likeness (QED) is 0.141. The number of phenols is 1. The topological polar surface area (TPSA) is 50.9 Å². The summed E-state index contributed by atoms with van der Waals surface area (Å²) >= 11 is 0. The van der Waals surface area contributed by atoms with Crippen LogP contribution in [0.3, 0.4) is 0 Å². The van der Waals surface area contributed by atoms with E-state index in [0.717, 1.165) is 89.2 Å². The Balaban J connectivity index is 1.22. The van der Waals surface area contributed by atoms with E-state index in [4.69, 9.17) is 9.97 Å². The fourth-order valence-electron chi connectivity index (χ4n) is 9.79. The van der Waals surface area contributed by atoms with Crippen molar-refractivity contribution in [2.24, 2.45) is 0 Å². The highest BCUT2D eigenvalue weighted by molar-refractivity contribution is 5.98. The molecule has 4 heteroatoms. The Labute approximate surface area is 421 Å². The molecule has 71 heavy (non-hydrogen) atoms. The molecule has 8 aromatic carbocycles. The normalized spacial score (nSPS) is 12.2. The lowest BCUT2D eigenvalue weighted by atomic mass is 9.86. The number of benzene rings is 8.